The summed E-state index contributed by atoms with van der Waals surface area (Å²) in [5, 5.41) is 13.5. The molecule has 1 aromatic carbocycles. The van der Waals surface area contributed by atoms with Crippen LogP contribution in [-0.4, -0.2) is 35.6 Å². The predicted octanol–water partition coefficient (Wildman–Crippen LogP) is 2.78. The van der Waals surface area contributed by atoms with Crippen LogP contribution in [0.25, 0.3) is 0 Å². The lowest BCUT2D eigenvalue weighted by Gasteiger charge is -2.44. The van der Waals surface area contributed by atoms with Crippen LogP contribution in [0.3, 0.4) is 0 Å². The van der Waals surface area contributed by atoms with Gasteiger partial charge in [0.25, 0.3) is 5.72 Å². The fourth-order valence-corrected chi connectivity index (χ4v) is 2.98. The standard InChI is InChI=1S/C14H13Cl2F3N2O4/c1-2-25-11(22)8-10(6-4-3-5-7(15)9(6)16)20-12(23)21-13(8,24)14(17,18)19/h3-5,8,10,24H,2H2,1H3,(H2,20,21,23)/t8-,10+,13-/m0/s1. The fourth-order valence-electron chi connectivity index (χ4n) is 2.56. The first-order chi connectivity index (χ1) is 11.5. The van der Waals surface area contributed by atoms with Crippen molar-refractivity contribution in [2.75, 3.05) is 6.61 Å². The maximum atomic E-state index is 13.5. The molecule has 1 saturated heterocycles. The van der Waals surface area contributed by atoms with Crippen molar-refractivity contribution < 1.29 is 32.6 Å². The topological polar surface area (TPSA) is 87.7 Å². The largest absolute Gasteiger partial charge is 0.466 e. The highest BCUT2D eigenvalue weighted by Gasteiger charge is 2.67. The van der Waals surface area contributed by atoms with Crippen LogP contribution in [0.5, 0.6) is 0 Å². The minimum atomic E-state index is -5.36. The van der Waals surface area contributed by atoms with E-state index < -0.39 is 35.9 Å². The third kappa shape index (κ3) is 3.49. The summed E-state index contributed by atoms with van der Waals surface area (Å²) in [6.07, 6.45) is -5.36. The Morgan fingerprint density at radius 3 is 2.60 bits per heavy atom. The number of carbonyl (C=O) groups is 2. The van der Waals surface area contributed by atoms with Gasteiger partial charge < -0.3 is 20.5 Å². The zero-order valence-corrected chi connectivity index (χ0v) is 14.2. The molecule has 2 rings (SSSR count). The second kappa shape index (κ2) is 6.89. The summed E-state index contributed by atoms with van der Waals surface area (Å²) in [5.41, 5.74) is -3.91. The number of esters is 1. The Labute approximate surface area is 150 Å². The molecule has 0 saturated carbocycles. The summed E-state index contributed by atoms with van der Waals surface area (Å²) in [6, 6.07) is 1.10. The van der Waals surface area contributed by atoms with Crippen molar-refractivity contribution >= 4 is 35.2 Å². The molecule has 1 heterocycles. The number of ether oxygens (including phenoxy) is 1. The summed E-state index contributed by atoms with van der Waals surface area (Å²) in [5.74, 6) is -3.61. The molecule has 0 bridgehead atoms. The third-order valence-corrected chi connectivity index (χ3v) is 4.50. The maximum absolute atomic E-state index is 13.5. The minimum Gasteiger partial charge on any atom is -0.466 e. The van der Waals surface area contributed by atoms with Crippen LogP contribution in [0, 0.1) is 5.92 Å². The Balaban J connectivity index is 2.64. The molecule has 1 aliphatic heterocycles. The number of nitrogens with one attached hydrogen (secondary N) is 2. The number of alkyl halides is 3. The molecule has 1 fully saturated rings. The minimum absolute atomic E-state index is 0.00473. The lowest BCUT2D eigenvalue weighted by molar-refractivity contribution is -0.294. The molecule has 138 valence electrons. The maximum Gasteiger partial charge on any atom is 0.437 e. The van der Waals surface area contributed by atoms with Crippen LogP contribution in [0.15, 0.2) is 18.2 Å². The molecule has 0 aromatic heterocycles. The predicted molar refractivity (Wildman–Crippen MR) is 82.0 cm³/mol. The van der Waals surface area contributed by atoms with Gasteiger partial charge in [0.15, 0.2) is 0 Å². The van der Waals surface area contributed by atoms with Crippen LogP contribution in [0.4, 0.5) is 18.0 Å². The van der Waals surface area contributed by atoms with Crippen molar-refractivity contribution in [1.29, 1.82) is 0 Å². The first-order valence-electron chi connectivity index (χ1n) is 7.01. The van der Waals surface area contributed by atoms with E-state index in [0.29, 0.717) is 0 Å². The molecule has 0 aliphatic carbocycles. The van der Waals surface area contributed by atoms with Crippen molar-refractivity contribution in [2.45, 2.75) is 24.9 Å². The number of carbonyl (C=O) groups excluding carboxylic acids is 2. The molecule has 11 heteroatoms. The van der Waals surface area contributed by atoms with E-state index in [4.69, 9.17) is 23.2 Å². The summed E-state index contributed by atoms with van der Waals surface area (Å²) < 4.78 is 45.0. The number of hydrogen-bond acceptors (Lipinski definition) is 4. The monoisotopic (exact) mass is 400 g/mol. The van der Waals surface area contributed by atoms with Crippen LogP contribution in [0.2, 0.25) is 10.0 Å². The number of aliphatic hydroxyl groups is 1. The normalized spacial score (nSPS) is 26.6. The smallest absolute Gasteiger partial charge is 0.437 e. The molecular weight excluding hydrogens is 388 g/mol. The molecule has 2 amide bonds. The van der Waals surface area contributed by atoms with Crippen molar-refractivity contribution in [3.63, 3.8) is 0 Å². The van der Waals surface area contributed by atoms with Gasteiger partial charge in [-0.15, -0.1) is 0 Å². The Kier molecular flexibility index (Phi) is 5.41. The van der Waals surface area contributed by atoms with Gasteiger partial charge in [0.2, 0.25) is 0 Å². The van der Waals surface area contributed by atoms with E-state index in [2.05, 4.69) is 10.1 Å². The van der Waals surface area contributed by atoms with Gasteiger partial charge in [0.1, 0.15) is 5.92 Å². The van der Waals surface area contributed by atoms with E-state index >= 15 is 0 Å². The number of amides is 2. The summed E-state index contributed by atoms with van der Waals surface area (Å²) >= 11 is 11.9. The average molecular weight is 401 g/mol. The van der Waals surface area contributed by atoms with Gasteiger partial charge in [-0.1, -0.05) is 35.3 Å². The SMILES string of the molecule is CCOC(=O)[C@@H]1[C@@H](c2cccc(Cl)c2Cl)NC(=O)N[C@@]1(O)C(F)(F)F. The fraction of sp³-hybridized carbons (Fsp3) is 0.429. The number of urea groups is 1. The first-order valence-corrected chi connectivity index (χ1v) is 7.76. The summed E-state index contributed by atoms with van der Waals surface area (Å²) in [7, 11) is 0. The molecule has 3 atom stereocenters. The van der Waals surface area contributed by atoms with Gasteiger partial charge in [-0.05, 0) is 18.6 Å². The lowest BCUT2D eigenvalue weighted by atomic mass is 9.82. The third-order valence-electron chi connectivity index (χ3n) is 3.66. The molecule has 1 aliphatic rings. The highest BCUT2D eigenvalue weighted by molar-refractivity contribution is 6.42. The highest BCUT2D eigenvalue weighted by atomic mass is 35.5. The molecule has 0 unspecified atom stereocenters. The van der Waals surface area contributed by atoms with Crippen molar-refractivity contribution in [1.82, 2.24) is 10.6 Å². The zero-order valence-electron chi connectivity index (χ0n) is 12.7. The number of benzene rings is 1. The summed E-state index contributed by atoms with van der Waals surface area (Å²) in [6.45, 7) is 1.16. The van der Waals surface area contributed by atoms with Gasteiger partial charge in [0.05, 0.1) is 22.7 Å². The quantitative estimate of drug-likeness (QED) is 0.680. The van der Waals surface area contributed by atoms with Gasteiger partial charge in [-0.25, -0.2) is 4.79 Å². The van der Waals surface area contributed by atoms with Gasteiger partial charge >= 0.3 is 18.2 Å². The van der Waals surface area contributed by atoms with E-state index in [0.717, 1.165) is 0 Å². The molecule has 3 N–H and O–H groups in total. The van der Waals surface area contributed by atoms with Crippen LogP contribution < -0.4 is 10.6 Å². The molecule has 0 spiro atoms. The Bertz CT molecular complexity index is 701. The zero-order chi connectivity index (χ0) is 19.0. The van der Waals surface area contributed by atoms with Gasteiger partial charge in [-0.2, -0.15) is 13.2 Å². The highest BCUT2D eigenvalue weighted by Crippen LogP contribution is 2.45. The Morgan fingerprint density at radius 2 is 2.04 bits per heavy atom. The molecule has 25 heavy (non-hydrogen) atoms. The van der Waals surface area contributed by atoms with Crippen molar-refractivity contribution in [3.05, 3.63) is 33.8 Å². The van der Waals surface area contributed by atoms with E-state index in [1.807, 2.05) is 0 Å². The van der Waals surface area contributed by atoms with E-state index in [9.17, 15) is 27.9 Å². The van der Waals surface area contributed by atoms with E-state index in [1.54, 1.807) is 0 Å². The molecular formula is C14H13Cl2F3N2O4. The number of rotatable bonds is 3. The second-order valence-corrected chi connectivity index (χ2v) is 6.00. The van der Waals surface area contributed by atoms with Crippen LogP contribution in [-0.2, 0) is 9.53 Å². The molecule has 6 nitrogen and oxygen atoms in total. The van der Waals surface area contributed by atoms with Crippen molar-refractivity contribution in [2.24, 2.45) is 5.92 Å². The van der Waals surface area contributed by atoms with Crippen LogP contribution >= 0.6 is 23.2 Å². The van der Waals surface area contributed by atoms with E-state index in [-0.39, 0.29) is 22.2 Å². The number of hydrogen-bond donors (Lipinski definition) is 3. The van der Waals surface area contributed by atoms with Crippen LogP contribution in [0.1, 0.15) is 18.5 Å². The average Bonchev–Trinajstić information content (AvgIpc) is 2.48. The van der Waals surface area contributed by atoms with Gasteiger partial charge in [0, 0.05) is 0 Å². The van der Waals surface area contributed by atoms with E-state index in [1.165, 1.54) is 30.4 Å². The second-order valence-electron chi connectivity index (χ2n) is 5.21. The lowest BCUT2D eigenvalue weighted by Crippen LogP contribution is -2.73. The summed E-state index contributed by atoms with van der Waals surface area (Å²) in [4.78, 5) is 23.9. The molecule has 1 aromatic rings. The first kappa shape index (κ1) is 19.6. The Morgan fingerprint density at radius 1 is 1.40 bits per heavy atom. The van der Waals surface area contributed by atoms with Gasteiger partial charge in [-0.3, -0.25) is 4.79 Å². The Hall–Kier alpha value is -1.71. The van der Waals surface area contributed by atoms with Crippen molar-refractivity contribution in [3.8, 4) is 0 Å². The number of halogens is 5. The molecule has 0 radical (unpaired) electrons.